The number of nitrogens with one attached hydrogen (secondary N) is 1. The van der Waals surface area contributed by atoms with Gasteiger partial charge in [-0.3, -0.25) is 9.89 Å². The van der Waals surface area contributed by atoms with Crippen molar-refractivity contribution in [1.82, 2.24) is 15.1 Å². The fourth-order valence-corrected chi connectivity index (χ4v) is 4.76. The van der Waals surface area contributed by atoms with E-state index in [4.69, 9.17) is 5.73 Å². The molecule has 0 unspecified atom stereocenters. The second kappa shape index (κ2) is 6.48. The summed E-state index contributed by atoms with van der Waals surface area (Å²) in [6.45, 7) is 6.55. The van der Waals surface area contributed by atoms with E-state index in [1.165, 1.54) is 0 Å². The molecule has 6 nitrogen and oxygen atoms in total. The first-order valence-electron chi connectivity index (χ1n) is 9.18. The Morgan fingerprint density at radius 2 is 2.17 bits per heavy atom. The molecule has 1 saturated carbocycles. The van der Waals surface area contributed by atoms with Crippen molar-refractivity contribution in [1.29, 1.82) is 0 Å². The van der Waals surface area contributed by atoms with Gasteiger partial charge in [-0.1, -0.05) is 26.7 Å². The second-order valence-corrected chi connectivity index (χ2v) is 7.66. The standard InChI is InChI=1S/C18H30N4O2/c1-4-13-11(2)16(21-20-13)17(24)22-12(10-19)9-18(3)14(22)7-5-6-8-15(18)23/h12,14-15,23H,4-10,19H2,1-3H3,(H,20,21)/t12-,14-,15-,18-/m1/s1. The Morgan fingerprint density at radius 1 is 1.46 bits per heavy atom. The molecule has 4 atom stereocenters. The summed E-state index contributed by atoms with van der Waals surface area (Å²) in [6.07, 6.45) is 5.02. The summed E-state index contributed by atoms with van der Waals surface area (Å²) in [7, 11) is 0. The lowest BCUT2D eigenvalue weighted by Crippen LogP contribution is -2.48. The fraction of sp³-hybridized carbons (Fsp3) is 0.778. The van der Waals surface area contributed by atoms with Crippen molar-refractivity contribution in [2.45, 2.75) is 77.5 Å². The number of aromatic amines is 1. The van der Waals surface area contributed by atoms with E-state index in [1.807, 2.05) is 18.7 Å². The summed E-state index contributed by atoms with van der Waals surface area (Å²) in [5.41, 5.74) is 8.18. The van der Waals surface area contributed by atoms with Gasteiger partial charge in [-0.15, -0.1) is 0 Å². The molecule has 4 N–H and O–H groups in total. The molecule has 1 aliphatic carbocycles. The lowest BCUT2D eigenvalue weighted by Gasteiger charge is -2.37. The van der Waals surface area contributed by atoms with Crippen LogP contribution in [0, 0.1) is 12.3 Å². The Morgan fingerprint density at radius 3 is 2.79 bits per heavy atom. The number of carbonyl (C=O) groups excluding carboxylic acids is 1. The van der Waals surface area contributed by atoms with Gasteiger partial charge in [-0.2, -0.15) is 5.10 Å². The summed E-state index contributed by atoms with van der Waals surface area (Å²) in [5, 5.41) is 18.0. The third kappa shape index (κ3) is 2.56. The predicted molar refractivity (Wildman–Crippen MR) is 92.7 cm³/mol. The van der Waals surface area contributed by atoms with E-state index >= 15 is 0 Å². The number of hydrogen-bond donors (Lipinski definition) is 3. The number of aryl methyl sites for hydroxylation is 1. The summed E-state index contributed by atoms with van der Waals surface area (Å²) < 4.78 is 0. The molecule has 24 heavy (non-hydrogen) atoms. The van der Waals surface area contributed by atoms with Gasteiger partial charge in [0.15, 0.2) is 5.69 Å². The monoisotopic (exact) mass is 334 g/mol. The molecule has 0 spiro atoms. The smallest absolute Gasteiger partial charge is 0.275 e. The van der Waals surface area contributed by atoms with E-state index in [2.05, 4.69) is 17.1 Å². The number of aliphatic hydroxyl groups is 1. The van der Waals surface area contributed by atoms with Crippen molar-refractivity contribution < 1.29 is 9.90 Å². The minimum Gasteiger partial charge on any atom is -0.392 e. The van der Waals surface area contributed by atoms with Crippen LogP contribution >= 0.6 is 0 Å². The first-order chi connectivity index (χ1) is 11.4. The predicted octanol–water partition coefficient (Wildman–Crippen LogP) is 1.76. The minimum atomic E-state index is -0.372. The fourth-order valence-electron chi connectivity index (χ4n) is 4.76. The van der Waals surface area contributed by atoms with Crippen LogP contribution in [0.4, 0.5) is 0 Å². The Hall–Kier alpha value is -1.40. The van der Waals surface area contributed by atoms with Gasteiger partial charge in [0, 0.05) is 35.3 Å². The molecule has 0 radical (unpaired) electrons. The largest absolute Gasteiger partial charge is 0.392 e. The molecular formula is C18H30N4O2. The molecule has 2 heterocycles. The normalized spacial score (nSPS) is 33.4. The molecular weight excluding hydrogens is 304 g/mol. The molecule has 1 saturated heterocycles. The highest BCUT2D eigenvalue weighted by Gasteiger charge is 2.54. The Kier molecular flexibility index (Phi) is 4.71. The van der Waals surface area contributed by atoms with Crippen LogP contribution in [0.1, 0.15) is 67.7 Å². The molecule has 1 aromatic heterocycles. The van der Waals surface area contributed by atoms with Gasteiger partial charge < -0.3 is 15.7 Å². The number of carbonyl (C=O) groups is 1. The second-order valence-electron chi connectivity index (χ2n) is 7.66. The SMILES string of the molecule is CCc1[nH]nc(C(=O)N2[C@@H](CN)C[C@@]3(C)[C@H](O)CCCC[C@@H]23)c1C. The van der Waals surface area contributed by atoms with Gasteiger partial charge in [0.2, 0.25) is 0 Å². The highest BCUT2D eigenvalue weighted by molar-refractivity contribution is 5.94. The number of H-pyrrole nitrogens is 1. The van der Waals surface area contributed by atoms with Gasteiger partial charge in [-0.05, 0) is 32.6 Å². The average molecular weight is 334 g/mol. The number of amides is 1. The minimum absolute atomic E-state index is 0.0265. The van der Waals surface area contributed by atoms with E-state index in [0.29, 0.717) is 12.2 Å². The summed E-state index contributed by atoms with van der Waals surface area (Å²) in [6, 6.07) is 0.0126. The van der Waals surface area contributed by atoms with E-state index in [-0.39, 0.29) is 29.5 Å². The summed E-state index contributed by atoms with van der Waals surface area (Å²) >= 11 is 0. The summed E-state index contributed by atoms with van der Waals surface area (Å²) in [5.74, 6) is -0.0401. The number of likely N-dealkylation sites (tertiary alicyclic amines) is 1. The zero-order chi connectivity index (χ0) is 17.5. The summed E-state index contributed by atoms with van der Waals surface area (Å²) in [4.78, 5) is 15.2. The van der Waals surface area contributed by atoms with Crippen LogP contribution in [-0.2, 0) is 6.42 Å². The van der Waals surface area contributed by atoms with E-state index in [1.54, 1.807) is 0 Å². The number of aliphatic hydroxyl groups excluding tert-OH is 1. The Labute approximate surface area is 143 Å². The van der Waals surface area contributed by atoms with E-state index in [0.717, 1.165) is 49.8 Å². The van der Waals surface area contributed by atoms with Crippen molar-refractivity contribution >= 4 is 5.91 Å². The van der Waals surface area contributed by atoms with Crippen LogP contribution in [0.15, 0.2) is 0 Å². The van der Waals surface area contributed by atoms with Gasteiger partial charge in [0.05, 0.1) is 6.10 Å². The van der Waals surface area contributed by atoms with Crippen LogP contribution in [0.25, 0.3) is 0 Å². The molecule has 134 valence electrons. The number of aromatic nitrogens is 2. The third-order valence-electron chi connectivity index (χ3n) is 6.31. The maximum atomic E-state index is 13.3. The Bertz CT molecular complexity index is 614. The van der Waals surface area contributed by atoms with Crippen LogP contribution in [-0.4, -0.2) is 50.8 Å². The molecule has 2 aliphatic rings. The first-order valence-corrected chi connectivity index (χ1v) is 9.18. The van der Waals surface area contributed by atoms with Crippen LogP contribution < -0.4 is 5.73 Å². The van der Waals surface area contributed by atoms with Gasteiger partial charge in [-0.25, -0.2) is 0 Å². The maximum Gasteiger partial charge on any atom is 0.275 e. The average Bonchev–Trinajstić information content (AvgIpc) is 3.04. The van der Waals surface area contributed by atoms with E-state index < -0.39 is 0 Å². The highest BCUT2D eigenvalue weighted by atomic mass is 16.3. The van der Waals surface area contributed by atoms with Gasteiger partial charge in [0.1, 0.15) is 0 Å². The quantitative estimate of drug-likeness (QED) is 0.785. The molecule has 0 bridgehead atoms. The van der Waals surface area contributed by atoms with Crippen molar-refractivity contribution in [3.63, 3.8) is 0 Å². The molecule has 1 aliphatic heterocycles. The van der Waals surface area contributed by atoms with Crippen molar-refractivity contribution in [3.05, 3.63) is 17.0 Å². The topological polar surface area (TPSA) is 95.2 Å². The molecule has 0 aromatic carbocycles. The maximum absolute atomic E-state index is 13.3. The molecule has 2 fully saturated rings. The lowest BCUT2D eigenvalue weighted by molar-refractivity contribution is 0.0120. The number of nitrogens with two attached hydrogens (primary N) is 1. The number of nitrogens with zero attached hydrogens (tertiary/aromatic N) is 2. The number of fused-ring (bicyclic) bond motifs is 1. The van der Waals surface area contributed by atoms with Gasteiger partial charge in [0.25, 0.3) is 5.91 Å². The van der Waals surface area contributed by atoms with E-state index in [9.17, 15) is 9.90 Å². The lowest BCUT2D eigenvalue weighted by atomic mass is 9.75. The molecule has 3 rings (SSSR count). The van der Waals surface area contributed by atoms with Crippen molar-refractivity contribution in [2.75, 3.05) is 6.54 Å². The van der Waals surface area contributed by atoms with Crippen LogP contribution in [0.2, 0.25) is 0 Å². The molecule has 1 amide bonds. The molecule has 6 heteroatoms. The zero-order valence-electron chi connectivity index (χ0n) is 15.0. The molecule has 1 aromatic rings. The first kappa shape index (κ1) is 17.4. The van der Waals surface area contributed by atoms with Crippen LogP contribution in [0.5, 0.6) is 0 Å². The van der Waals surface area contributed by atoms with Crippen molar-refractivity contribution in [3.8, 4) is 0 Å². The van der Waals surface area contributed by atoms with Gasteiger partial charge >= 0.3 is 0 Å². The van der Waals surface area contributed by atoms with Crippen LogP contribution in [0.3, 0.4) is 0 Å². The third-order valence-corrected chi connectivity index (χ3v) is 6.31. The number of rotatable bonds is 3. The zero-order valence-corrected chi connectivity index (χ0v) is 15.0. The highest BCUT2D eigenvalue weighted by Crippen LogP contribution is 2.48. The number of hydrogen-bond acceptors (Lipinski definition) is 4. The van der Waals surface area contributed by atoms with Crippen molar-refractivity contribution in [2.24, 2.45) is 11.1 Å². The Balaban J connectivity index is 1.97.